The molecule has 0 fully saturated rings. The van der Waals surface area contributed by atoms with Crippen LogP contribution in [0.25, 0.3) is 0 Å². The Balaban J connectivity index is 3.57. The van der Waals surface area contributed by atoms with Crippen LogP contribution in [0.2, 0.25) is 0 Å². The Hall–Kier alpha value is -0.130. The van der Waals surface area contributed by atoms with Crippen molar-refractivity contribution in [1.29, 1.82) is 0 Å². The first kappa shape index (κ1) is 10.9. The lowest BCUT2D eigenvalue weighted by Crippen LogP contribution is -1.97. The minimum absolute atomic E-state index is 0.0874. The van der Waals surface area contributed by atoms with Crippen LogP contribution < -0.4 is 0 Å². The molecule has 0 atom stereocenters. The van der Waals surface area contributed by atoms with Crippen molar-refractivity contribution in [3.05, 3.63) is 28.0 Å². The van der Waals surface area contributed by atoms with Crippen molar-refractivity contribution in [2.75, 3.05) is 0 Å². The van der Waals surface area contributed by atoms with E-state index in [1.54, 1.807) is 0 Å². The Kier molecular flexibility index (Phi) is 2.99. The zero-order chi connectivity index (χ0) is 10.2. The van der Waals surface area contributed by atoms with Gasteiger partial charge in [-0.1, -0.05) is 0 Å². The Labute approximate surface area is 88.3 Å². The van der Waals surface area contributed by atoms with Crippen LogP contribution in [0.5, 0.6) is 0 Å². The van der Waals surface area contributed by atoms with E-state index in [4.69, 9.17) is 10.7 Å². The Morgan fingerprint density at radius 1 is 1.46 bits per heavy atom. The van der Waals surface area contributed by atoms with Crippen LogP contribution in [0.3, 0.4) is 0 Å². The summed E-state index contributed by atoms with van der Waals surface area (Å²) in [5.41, 5.74) is 0.280. The minimum atomic E-state index is -3.82. The second kappa shape index (κ2) is 3.55. The van der Waals surface area contributed by atoms with E-state index in [2.05, 4.69) is 15.9 Å². The van der Waals surface area contributed by atoms with E-state index in [0.717, 1.165) is 12.1 Å². The number of aryl methyl sites for hydroxylation is 1. The van der Waals surface area contributed by atoms with Crippen molar-refractivity contribution in [3.8, 4) is 0 Å². The molecule has 1 aromatic carbocycles. The van der Waals surface area contributed by atoms with Gasteiger partial charge in [0.15, 0.2) is 0 Å². The van der Waals surface area contributed by atoms with Gasteiger partial charge in [0.05, 0.1) is 4.90 Å². The Bertz CT molecular complexity index is 421. The van der Waals surface area contributed by atoms with E-state index in [0.29, 0.717) is 0 Å². The average Bonchev–Trinajstić information content (AvgIpc) is 1.78. The van der Waals surface area contributed by atoms with Crippen molar-refractivity contribution in [3.63, 3.8) is 0 Å². The molecule has 0 radical (unpaired) electrons. The summed E-state index contributed by atoms with van der Waals surface area (Å²) in [4.78, 5) is -0.0874. The zero-order valence-corrected chi connectivity index (χ0v) is 9.67. The Morgan fingerprint density at radius 3 is 2.38 bits per heavy atom. The maximum atomic E-state index is 12.7. The summed E-state index contributed by atoms with van der Waals surface area (Å²) in [7, 11) is 1.32. The van der Waals surface area contributed by atoms with Crippen LogP contribution in [-0.4, -0.2) is 8.42 Å². The molecule has 1 rings (SSSR count). The highest BCUT2D eigenvalue weighted by Gasteiger charge is 2.18. The minimum Gasteiger partial charge on any atom is -0.207 e. The summed E-state index contributed by atoms with van der Waals surface area (Å²) in [5, 5.41) is 0. The van der Waals surface area contributed by atoms with Gasteiger partial charge < -0.3 is 0 Å². The normalized spacial score (nSPS) is 11.7. The predicted octanol–water partition coefficient (Wildman–Crippen LogP) is 2.82. The molecule has 0 saturated heterocycles. The molecule has 0 N–H and O–H groups in total. The molecule has 0 aliphatic heterocycles. The van der Waals surface area contributed by atoms with Crippen LogP contribution in [0.4, 0.5) is 4.39 Å². The van der Waals surface area contributed by atoms with Gasteiger partial charge in [-0.2, -0.15) is 0 Å². The lowest BCUT2D eigenvalue weighted by Gasteiger charge is -2.04. The van der Waals surface area contributed by atoms with Gasteiger partial charge in [-0.15, -0.1) is 0 Å². The second-order valence-electron chi connectivity index (χ2n) is 2.47. The molecule has 0 unspecified atom stereocenters. The highest BCUT2D eigenvalue weighted by Crippen LogP contribution is 2.29. The molecule has 0 heterocycles. The first-order chi connectivity index (χ1) is 5.82. The second-order valence-corrected chi connectivity index (χ2v) is 5.83. The molecule has 1 aromatic rings. The van der Waals surface area contributed by atoms with Gasteiger partial charge in [-0.05, 0) is 40.5 Å². The van der Waals surface area contributed by atoms with E-state index in [1.165, 1.54) is 6.92 Å². The van der Waals surface area contributed by atoms with Crippen molar-refractivity contribution in [1.82, 2.24) is 0 Å². The molecule has 72 valence electrons. The molecule has 0 saturated carbocycles. The van der Waals surface area contributed by atoms with Gasteiger partial charge in [0.2, 0.25) is 0 Å². The van der Waals surface area contributed by atoms with E-state index < -0.39 is 14.9 Å². The molecular formula is C7H5BrClFO2S. The summed E-state index contributed by atoms with van der Waals surface area (Å²) in [6.45, 7) is 1.48. The van der Waals surface area contributed by atoms with E-state index >= 15 is 0 Å². The van der Waals surface area contributed by atoms with Gasteiger partial charge in [0.1, 0.15) is 5.82 Å². The van der Waals surface area contributed by atoms with Crippen molar-refractivity contribution >= 4 is 35.7 Å². The number of benzene rings is 1. The highest BCUT2D eigenvalue weighted by molar-refractivity contribution is 9.10. The third-order valence-electron chi connectivity index (χ3n) is 1.44. The summed E-state index contributed by atoms with van der Waals surface area (Å²) in [6.07, 6.45) is 0. The van der Waals surface area contributed by atoms with Crippen molar-refractivity contribution < 1.29 is 12.8 Å². The van der Waals surface area contributed by atoms with Crippen LogP contribution in [0.1, 0.15) is 5.56 Å². The first-order valence-corrected chi connectivity index (χ1v) is 6.33. The fraction of sp³-hybridized carbons (Fsp3) is 0.143. The molecule has 0 amide bonds. The van der Waals surface area contributed by atoms with Crippen molar-refractivity contribution in [2.24, 2.45) is 0 Å². The van der Waals surface area contributed by atoms with Crippen molar-refractivity contribution in [2.45, 2.75) is 11.8 Å². The third kappa shape index (κ3) is 2.42. The molecule has 2 nitrogen and oxygen atoms in total. The van der Waals surface area contributed by atoms with Gasteiger partial charge in [-0.25, -0.2) is 12.8 Å². The largest absolute Gasteiger partial charge is 0.262 e. The summed E-state index contributed by atoms with van der Waals surface area (Å²) < 4.78 is 34.9. The molecule has 0 aliphatic rings. The summed E-state index contributed by atoms with van der Waals surface area (Å²) in [6, 6.07) is 2.17. The molecule has 0 aromatic heterocycles. The number of hydrogen-bond donors (Lipinski definition) is 0. The summed E-state index contributed by atoms with van der Waals surface area (Å²) >= 11 is 2.93. The Morgan fingerprint density at radius 2 is 2.00 bits per heavy atom. The van der Waals surface area contributed by atoms with E-state index in [9.17, 15) is 12.8 Å². The quantitative estimate of drug-likeness (QED) is 0.744. The molecule has 0 spiro atoms. The average molecular weight is 288 g/mol. The maximum Gasteiger partial charge on any atom is 0.262 e. The highest BCUT2D eigenvalue weighted by atomic mass is 79.9. The molecule has 6 heteroatoms. The topological polar surface area (TPSA) is 34.1 Å². The number of hydrogen-bond acceptors (Lipinski definition) is 2. The van der Waals surface area contributed by atoms with Crippen LogP contribution in [-0.2, 0) is 9.05 Å². The van der Waals surface area contributed by atoms with Crippen LogP contribution in [0.15, 0.2) is 21.5 Å². The SMILES string of the molecule is Cc1cc(F)cc(Br)c1S(=O)(=O)Cl. The molecule has 0 aliphatic carbocycles. The van der Waals surface area contributed by atoms with Gasteiger partial charge in [0, 0.05) is 15.2 Å². The maximum absolute atomic E-state index is 12.7. The number of rotatable bonds is 1. The van der Waals surface area contributed by atoms with Crippen LogP contribution in [0, 0.1) is 12.7 Å². The van der Waals surface area contributed by atoms with Gasteiger partial charge in [0.25, 0.3) is 9.05 Å². The predicted molar refractivity (Wildman–Crippen MR) is 51.9 cm³/mol. The van der Waals surface area contributed by atoms with E-state index in [1.807, 2.05) is 0 Å². The standard InChI is InChI=1S/C7H5BrClFO2S/c1-4-2-5(10)3-6(8)7(4)13(9,11)12/h2-3H,1H3. The third-order valence-corrected chi connectivity index (χ3v) is 3.82. The zero-order valence-electron chi connectivity index (χ0n) is 6.51. The lowest BCUT2D eigenvalue weighted by atomic mass is 10.2. The lowest BCUT2D eigenvalue weighted by molar-refractivity contribution is 0.605. The number of halogens is 3. The fourth-order valence-corrected chi connectivity index (χ4v) is 3.80. The van der Waals surface area contributed by atoms with Crippen LogP contribution >= 0.6 is 26.6 Å². The smallest absolute Gasteiger partial charge is 0.207 e. The first-order valence-electron chi connectivity index (χ1n) is 3.22. The molecule has 13 heavy (non-hydrogen) atoms. The summed E-state index contributed by atoms with van der Waals surface area (Å²) in [5.74, 6) is -0.506. The molecule has 0 bridgehead atoms. The van der Waals surface area contributed by atoms with Gasteiger partial charge >= 0.3 is 0 Å². The molecular weight excluding hydrogens is 282 g/mol. The van der Waals surface area contributed by atoms with E-state index in [-0.39, 0.29) is 14.9 Å². The van der Waals surface area contributed by atoms with Gasteiger partial charge in [-0.3, -0.25) is 0 Å². The fourth-order valence-electron chi connectivity index (χ4n) is 0.998. The monoisotopic (exact) mass is 286 g/mol.